The molecule has 1 atom stereocenters. The van der Waals surface area contributed by atoms with Crippen molar-refractivity contribution in [1.29, 1.82) is 0 Å². The number of urea groups is 1. The molecule has 1 unspecified atom stereocenters. The normalized spacial score (nSPS) is 17.7. The number of carbonyl (C=O) groups excluding carboxylic acids is 2. The Balaban J connectivity index is 2.00. The molecular weight excluding hydrogens is 338 g/mol. The van der Waals surface area contributed by atoms with Crippen molar-refractivity contribution in [2.75, 3.05) is 38.7 Å². The average Bonchev–Trinajstić information content (AvgIpc) is 2.59. The number of piperazine rings is 1. The third-order valence-electron chi connectivity index (χ3n) is 3.93. The van der Waals surface area contributed by atoms with Crippen LogP contribution in [0.1, 0.15) is 20.8 Å². The highest BCUT2D eigenvalue weighted by Crippen LogP contribution is 2.19. The van der Waals surface area contributed by atoms with Gasteiger partial charge in [0.2, 0.25) is 0 Å². The molecule has 144 valence electrons. The van der Waals surface area contributed by atoms with Crippen LogP contribution in [0.5, 0.6) is 5.75 Å². The summed E-state index contributed by atoms with van der Waals surface area (Å²) in [5.41, 5.74) is 0.00718. The van der Waals surface area contributed by atoms with Gasteiger partial charge in [0.15, 0.2) is 0 Å². The number of aliphatic hydroxyl groups is 1. The monoisotopic (exact) mass is 365 g/mol. The summed E-state index contributed by atoms with van der Waals surface area (Å²) < 4.78 is 10.5. The van der Waals surface area contributed by atoms with Crippen LogP contribution in [0, 0.1) is 0 Å². The lowest BCUT2D eigenvalue weighted by Gasteiger charge is -2.40. The van der Waals surface area contributed by atoms with Crippen LogP contribution in [0.2, 0.25) is 0 Å². The van der Waals surface area contributed by atoms with Crippen LogP contribution in [0.4, 0.5) is 15.3 Å². The maximum atomic E-state index is 12.6. The smallest absolute Gasteiger partial charge is 0.410 e. The van der Waals surface area contributed by atoms with Gasteiger partial charge >= 0.3 is 12.1 Å². The lowest BCUT2D eigenvalue weighted by atomic mass is 10.2. The molecule has 1 saturated heterocycles. The van der Waals surface area contributed by atoms with Gasteiger partial charge in [0.05, 0.1) is 19.8 Å². The van der Waals surface area contributed by atoms with Crippen LogP contribution in [0.3, 0.4) is 0 Å². The van der Waals surface area contributed by atoms with Crippen molar-refractivity contribution in [2.24, 2.45) is 0 Å². The predicted molar refractivity (Wildman–Crippen MR) is 97.4 cm³/mol. The molecule has 0 saturated carbocycles. The van der Waals surface area contributed by atoms with Gasteiger partial charge in [-0.1, -0.05) is 6.07 Å². The number of rotatable bonds is 3. The molecule has 0 bridgehead atoms. The summed E-state index contributed by atoms with van der Waals surface area (Å²) in [6.45, 7) is 6.02. The molecule has 1 aliphatic heterocycles. The molecule has 0 radical (unpaired) electrons. The first-order valence-corrected chi connectivity index (χ1v) is 8.54. The largest absolute Gasteiger partial charge is 0.497 e. The number of hydrogen-bond donors (Lipinski definition) is 2. The molecule has 0 aromatic heterocycles. The lowest BCUT2D eigenvalue weighted by molar-refractivity contribution is 0.00415. The van der Waals surface area contributed by atoms with Crippen molar-refractivity contribution in [3.05, 3.63) is 24.3 Å². The first-order valence-electron chi connectivity index (χ1n) is 8.54. The Kier molecular flexibility index (Phi) is 6.31. The van der Waals surface area contributed by atoms with Crippen molar-refractivity contribution in [3.8, 4) is 5.75 Å². The van der Waals surface area contributed by atoms with Crippen molar-refractivity contribution < 1.29 is 24.2 Å². The van der Waals surface area contributed by atoms with Crippen LogP contribution < -0.4 is 10.1 Å². The zero-order valence-corrected chi connectivity index (χ0v) is 15.7. The van der Waals surface area contributed by atoms with Gasteiger partial charge in [0.25, 0.3) is 0 Å². The number of nitrogens with zero attached hydrogens (tertiary/aromatic N) is 2. The maximum absolute atomic E-state index is 12.6. The second-order valence-electron chi connectivity index (χ2n) is 7.12. The first-order chi connectivity index (χ1) is 12.2. The van der Waals surface area contributed by atoms with E-state index in [4.69, 9.17) is 9.47 Å². The molecule has 1 heterocycles. The quantitative estimate of drug-likeness (QED) is 0.856. The topological polar surface area (TPSA) is 91.3 Å². The highest BCUT2D eigenvalue weighted by Gasteiger charge is 2.34. The standard InChI is InChI=1S/C18H27N3O5/c1-18(2,3)26-17(24)20-8-9-21(14(11-20)12-22)16(23)19-13-6-5-7-15(10-13)25-4/h5-7,10,14,22H,8-9,11-12H2,1-4H3,(H,19,23). The van der Waals surface area contributed by atoms with Crippen molar-refractivity contribution in [3.63, 3.8) is 0 Å². The Hall–Kier alpha value is -2.48. The fourth-order valence-corrected chi connectivity index (χ4v) is 2.67. The van der Waals surface area contributed by atoms with Crippen LogP contribution in [0.25, 0.3) is 0 Å². The minimum atomic E-state index is -0.591. The van der Waals surface area contributed by atoms with Crippen molar-refractivity contribution in [1.82, 2.24) is 9.80 Å². The number of benzene rings is 1. The molecule has 1 aromatic carbocycles. The van der Waals surface area contributed by atoms with E-state index in [0.717, 1.165) is 0 Å². The number of ether oxygens (including phenoxy) is 2. The third kappa shape index (κ3) is 5.26. The summed E-state index contributed by atoms with van der Waals surface area (Å²) in [4.78, 5) is 27.8. The van der Waals surface area contributed by atoms with E-state index in [1.165, 1.54) is 9.80 Å². The number of aliphatic hydroxyl groups excluding tert-OH is 1. The van der Waals surface area contributed by atoms with Crippen LogP contribution in [-0.2, 0) is 4.74 Å². The number of hydrogen-bond acceptors (Lipinski definition) is 5. The molecule has 8 nitrogen and oxygen atoms in total. The molecule has 1 aliphatic rings. The van der Waals surface area contributed by atoms with Gasteiger partial charge in [-0.05, 0) is 32.9 Å². The van der Waals surface area contributed by atoms with Crippen LogP contribution >= 0.6 is 0 Å². The van der Waals surface area contributed by atoms with E-state index < -0.39 is 17.7 Å². The highest BCUT2D eigenvalue weighted by molar-refractivity contribution is 5.90. The minimum Gasteiger partial charge on any atom is -0.497 e. The van der Waals surface area contributed by atoms with E-state index in [9.17, 15) is 14.7 Å². The minimum absolute atomic E-state index is 0.219. The number of methoxy groups -OCH3 is 1. The molecule has 2 N–H and O–H groups in total. The molecule has 26 heavy (non-hydrogen) atoms. The summed E-state index contributed by atoms with van der Waals surface area (Å²) in [7, 11) is 1.55. The lowest BCUT2D eigenvalue weighted by Crippen LogP contribution is -2.59. The van der Waals surface area contributed by atoms with Gasteiger partial charge in [-0.15, -0.1) is 0 Å². The zero-order valence-electron chi connectivity index (χ0n) is 15.7. The number of carbonyl (C=O) groups is 2. The molecule has 8 heteroatoms. The molecule has 1 fully saturated rings. The molecular formula is C18H27N3O5. The molecule has 3 amide bonds. The SMILES string of the molecule is COc1cccc(NC(=O)N2CCN(C(=O)OC(C)(C)C)CC2CO)c1. The summed E-state index contributed by atoms with van der Waals surface area (Å²) in [6.07, 6.45) is -0.441. The Morgan fingerprint density at radius 1 is 1.31 bits per heavy atom. The second kappa shape index (κ2) is 8.27. The van der Waals surface area contributed by atoms with Gasteiger partial charge in [-0.25, -0.2) is 9.59 Å². The van der Waals surface area contributed by atoms with Gasteiger partial charge in [-0.3, -0.25) is 0 Å². The number of amides is 3. The highest BCUT2D eigenvalue weighted by atomic mass is 16.6. The second-order valence-corrected chi connectivity index (χ2v) is 7.12. The van der Waals surface area contributed by atoms with Crippen molar-refractivity contribution in [2.45, 2.75) is 32.4 Å². The number of anilines is 1. The molecule has 0 aliphatic carbocycles. The van der Waals surface area contributed by atoms with Gasteiger partial charge in [0, 0.05) is 31.4 Å². The van der Waals surface area contributed by atoms with E-state index >= 15 is 0 Å². The Morgan fingerprint density at radius 2 is 2.04 bits per heavy atom. The van der Waals surface area contributed by atoms with Crippen LogP contribution in [0.15, 0.2) is 24.3 Å². The van der Waals surface area contributed by atoms with Crippen LogP contribution in [-0.4, -0.2) is 72.0 Å². The molecule has 1 aromatic rings. The third-order valence-corrected chi connectivity index (χ3v) is 3.93. The predicted octanol–water partition coefficient (Wildman–Crippen LogP) is 2.14. The molecule has 2 rings (SSSR count). The maximum Gasteiger partial charge on any atom is 0.410 e. The summed E-state index contributed by atoms with van der Waals surface area (Å²) in [6, 6.07) is 6.20. The van der Waals surface area contributed by atoms with E-state index in [2.05, 4.69) is 5.32 Å². The fourth-order valence-electron chi connectivity index (χ4n) is 2.67. The van der Waals surface area contributed by atoms with E-state index in [-0.39, 0.29) is 19.2 Å². The van der Waals surface area contributed by atoms with E-state index in [1.54, 1.807) is 52.1 Å². The van der Waals surface area contributed by atoms with Gasteiger partial charge < -0.3 is 29.7 Å². The number of nitrogens with one attached hydrogen (secondary N) is 1. The Morgan fingerprint density at radius 3 is 2.65 bits per heavy atom. The zero-order chi connectivity index (χ0) is 19.3. The Labute approximate surface area is 153 Å². The van der Waals surface area contributed by atoms with Gasteiger partial charge in [0.1, 0.15) is 11.4 Å². The summed E-state index contributed by atoms with van der Waals surface area (Å²) in [5, 5.41) is 12.5. The van der Waals surface area contributed by atoms with E-state index in [1.807, 2.05) is 0 Å². The summed E-state index contributed by atoms with van der Waals surface area (Å²) >= 11 is 0. The van der Waals surface area contributed by atoms with Crippen molar-refractivity contribution >= 4 is 17.8 Å². The van der Waals surface area contributed by atoms with E-state index in [0.29, 0.717) is 24.5 Å². The summed E-state index contributed by atoms with van der Waals surface area (Å²) in [5.74, 6) is 0.635. The Bertz CT molecular complexity index is 644. The average molecular weight is 365 g/mol. The first kappa shape index (κ1) is 19.8. The molecule has 0 spiro atoms. The van der Waals surface area contributed by atoms with Gasteiger partial charge in [-0.2, -0.15) is 0 Å². The fraction of sp³-hybridized carbons (Fsp3) is 0.556.